The summed E-state index contributed by atoms with van der Waals surface area (Å²) in [6, 6.07) is 8.07. The zero-order chi connectivity index (χ0) is 14.5. The van der Waals surface area contributed by atoms with Gasteiger partial charge in [-0.15, -0.1) is 0 Å². The average Bonchev–Trinajstić information content (AvgIpc) is 3.15. The molecule has 4 nitrogen and oxygen atoms in total. The molecule has 1 saturated heterocycles. The van der Waals surface area contributed by atoms with Crippen molar-refractivity contribution in [2.45, 2.75) is 12.8 Å². The Labute approximate surface area is 128 Å². The van der Waals surface area contributed by atoms with E-state index in [1.54, 1.807) is 6.33 Å². The topological polar surface area (TPSA) is 42.2 Å². The number of nitrogens with zero attached hydrogens (tertiary/aromatic N) is 3. The minimum atomic E-state index is 0.749. The van der Waals surface area contributed by atoms with Gasteiger partial charge in [-0.2, -0.15) is 0 Å². The molecule has 1 aliphatic carbocycles. The summed E-state index contributed by atoms with van der Waals surface area (Å²) in [4.78, 5) is 11.4. The lowest BCUT2D eigenvalue weighted by atomic mass is 9.86. The maximum absolute atomic E-state index is 6.07. The van der Waals surface area contributed by atoms with E-state index in [2.05, 4.69) is 33.1 Å². The SMILES string of the molecule is C1=CCC2CN(c3ncnc4c3oc3ccccc34)CC2C1. The lowest BCUT2D eigenvalue weighted by molar-refractivity contribution is 0.411. The number of allylic oxidation sites excluding steroid dienone is 2. The van der Waals surface area contributed by atoms with Crippen LogP contribution < -0.4 is 4.90 Å². The molecule has 0 saturated carbocycles. The highest BCUT2D eigenvalue weighted by atomic mass is 16.3. The number of hydrogen-bond donors (Lipinski definition) is 0. The first-order valence-corrected chi connectivity index (χ1v) is 7.92. The van der Waals surface area contributed by atoms with Gasteiger partial charge in [0.15, 0.2) is 11.4 Å². The molecule has 4 heteroatoms. The van der Waals surface area contributed by atoms with Gasteiger partial charge in [0.1, 0.15) is 17.4 Å². The number of fused-ring (bicyclic) bond motifs is 4. The highest BCUT2D eigenvalue weighted by Crippen LogP contribution is 2.38. The van der Waals surface area contributed by atoms with E-state index in [-0.39, 0.29) is 0 Å². The van der Waals surface area contributed by atoms with Crippen LogP contribution in [-0.4, -0.2) is 23.1 Å². The van der Waals surface area contributed by atoms with E-state index >= 15 is 0 Å². The monoisotopic (exact) mass is 291 g/mol. The summed E-state index contributed by atoms with van der Waals surface area (Å²) in [7, 11) is 0. The third-order valence-corrected chi connectivity index (χ3v) is 5.06. The predicted octanol–water partition coefficient (Wildman–Crippen LogP) is 3.78. The van der Waals surface area contributed by atoms with Crippen LogP contribution >= 0.6 is 0 Å². The van der Waals surface area contributed by atoms with E-state index < -0.39 is 0 Å². The molecule has 2 aromatic heterocycles. The molecule has 1 fully saturated rings. The Bertz CT molecular complexity index is 866. The molecule has 110 valence electrons. The normalized spacial score (nSPS) is 24.3. The van der Waals surface area contributed by atoms with Gasteiger partial charge in [0.2, 0.25) is 0 Å². The molecular weight excluding hydrogens is 274 g/mol. The van der Waals surface area contributed by atoms with E-state index in [9.17, 15) is 0 Å². The fourth-order valence-corrected chi connectivity index (χ4v) is 3.92. The summed E-state index contributed by atoms with van der Waals surface area (Å²) < 4.78 is 6.07. The van der Waals surface area contributed by atoms with E-state index in [1.807, 2.05) is 18.2 Å². The van der Waals surface area contributed by atoms with Gasteiger partial charge in [-0.1, -0.05) is 24.3 Å². The standard InChI is InChI=1S/C18H17N3O/c1-2-6-13-10-21(9-12(13)5-1)18-17-16(19-11-20-18)14-7-3-4-8-15(14)22-17/h1-4,7-8,11-13H,5-6,9-10H2. The van der Waals surface area contributed by atoms with Crippen LogP contribution in [0, 0.1) is 11.8 Å². The van der Waals surface area contributed by atoms with Gasteiger partial charge in [0.05, 0.1) is 0 Å². The first kappa shape index (κ1) is 12.2. The Morgan fingerprint density at radius 3 is 2.59 bits per heavy atom. The van der Waals surface area contributed by atoms with Crippen LogP contribution in [0.25, 0.3) is 22.1 Å². The minimum Gasteiger partial charge on any atom is -0.450 e. The van der Waals surface area contributed by atoms with E-state index in [4.69, 9.17) is 4.42 Å². The molecule has 3 heterocycles. The zero-order valence-electron chi connectivity index (χ0n) is 12.3. The summed E-state index contributed by atoms with van der Waals surface area (Å²) in [6.07, 6.45) is 8.69. The van der Waals surface area contributed by atoms with Crippen LogP contribution in [0.15, 0.2) is 47.2 Å². The van der Waals surface area contributed by atoms with Crippen molar-refractivity contribution in [1.29, 1.82) is 0 Å². The van der Waals surface area contributed by atoms with Crippen molar-refractivity contribution in [3.63, 3.8) is 0 Å². The van der Waals surface area contributed by atoms with Crippen LogP contribution in [0.3, 0.4) is 0 Å². The average molecular weight is 291 g/mol. The van der Waals surface area contributed by atoms with Crippen molar-refractivity contribution in [1.82, 2.24) is 9.97 Å². The summed E-state index contributed by atoms with van der Waals surface area (Å²) in [5.74, 6) is 2.45. The number of furan rings is 1. The van der Waals surface area contributed by atoms with Crippen molar-refractivity contribution in [2.75, 3.05) is 18.0 Å². The van der Waals surface area contributed by atoms with Gasteiger partial charge in [0, 0.05) is 18.5 Å². The summed E-state index contributed by atoms with van der Waals surface area (Å²) in [5.41, 5.74) is 2.64. The molecule has 1 aromatic carbocycles. The van der Waals surface area contributed by atoms with Crippen LogP contribution in [0.5, 0.6) is 0 Å². The number of aromatic nitrogens is 2. The van der Waals surface area contributed by atoms with Crippen molar-refractivity contribution in [3.05, 3.63) is 42.7 Å². The second kappa shape index (κ2) is 4.57. The summed E-state index contributed by atoms with van der Waals surface area (Å²) in [5, 5.41) is 1.07. The highest BCUT2D eigenvalue weighted by molar-refractivity contribution is 6.05. The molecule has 0 amide bonds. The first-order chi connectivity index (χ1) is 10.9. The van der Waals surface area contributed by atoms with Crippen molar-refractivity contribution in [2.24, 2.45) is 11.8 Å². The fourth-order valence-electron chi connectivity index (χ4n) is 3.92. The Balaban J connectivity index is 1.63. The van der Waals surface area contributed by atoms with Gasteiger partial charge in [-0.3, -0.25) is 0 Å². The molecule has 0 spiro atoms. The number of anilines is 1. The van der Waals surface area contributed by atoms with Crippen molar-refractivity contribution >= 4 is 27.9 Å². The molecule has 5 rings (SSSR count). The Morgan fingerprint density at radius 2 is 1.77 bits per heavy atom. The highest BCUT2D eigenvalue weighted by Gasteiger charge is 2.34. The minimum absolute atomic E-state index is 0.749. The second-order valence-electron chi connectivity index (χ2n) is 6.34. The van der Waals surface area contributed by atoms with Crippen LogP contribution in [-0.2, 0) is 0 Å². The van der Waals surface area contributed by atoms with Gasteiger partial charge in [0.25, 0.3) is 0 Å². The third-order valence-electron chi connectivity index (χ3n) is 5.06. The molecular formula is C18H17N3O. The number of benzene rings is 1. The Hall–Kier alpha value is -2.36. The predicted molar refractivity (Wildman–Crippen MR) is 86.9 cm³/mol. The maximum Gasteiger partial charge on any atom is 0.196 e. The fraction of sp³-hybridized carbons (Fsp3) is 0.333. The van der Waals surface area contributed by atoms with Gasteiger partial charge < -0.3 is 9.32 Å². The van der Waals surface area contributed by atoms with Crippen molar-refractivity contribution < 1.29 is 4.42 Å². The molecule has 2 unspecified atom stereocenters. The molecule has 0 N–H and O–H groups in total. The van der Waals surface area contributed by atoms with E-state index in [0.29, 0.717) is 0 Å². The second-order valence-corrected chi connectivity index (χ2v) is 6.34. The molecule has 0 radical (unpaired) electrons. The molecule has 1 aliphatic heterocycles. The summed E-state index contributed by atoms with van der Waals surface area (Å²) in [6.45, 7) is 2.14. The van der Waals surface area contributed by atoms with E-state index in [1.165, 1.54) is 12.8 Å². The Kier molecular flexibility index (Phi) is 2.53. The van der Waals surface area contributed by atoms with Crippen LogP contribution in [0.2, 0.25) is 0 Å². The molecule has 3 aromatic rings. The lowest BCUT2D eigenvalue weighted by Gasteiger charge is -2.17. The largest absolute Gasteiger partial charge is 0.450 e. The first-order valence-electron chi connectivity index (χ1n) is 7.92. The third kappa shape index (κ3) is 1.70. The quantitative estimate of drug-likeness (QED) is 0.640. The molecule has 0 bridgehead atoms. The zero-order valence-corrected chi connectivity index (χ0v) is 12.3. The summed E-state index contributed by atoms with van der Waals surface area (Å²) >= 11 is 0. The molecule has 22 heavy (non-hydrogen) atoms. The Morgan fingerprint density at radius 1 is 1.00 bits per heavy atom. The smallest absolute Gasteiger partial charge is 0.196 e. The number of hydrogen-bond acceptors (Lipinski definition) is 4. The van der Waals surface area contributed by atoms with Gasteiger partial charge in [-0.25, -0.2) is 9.97 Å². The van der Waals surface area contributed by atoms with Crippen LogP contribution in [0.1, 0.15) is 12.8 Å². The molecule has 2 aliphatic rings. The van der Waals surface area contributed by atoms with E-state index in [0.717, 1.165) is 52.8 Å². The lowest BCUT2D eigenvalue weighted by Crippen LogP contribution is -2.21. The van der Waals surface area contributed by atoms with Crippen LogP contribution in [0.4, 0.5) is 5.82 Å². The maximum atomic E-state index is 6.07. The van der Waals surface area contributed by atoms with Gasteiger partial charge >= 0.3 is 0 Å². The number of rotatable bonds is 1. The number of para-hydroxylation sites is 1. The van der Waals surface area contributed by atoms with Crippen molar-refractivity contribution in [3.8, 4) is 0 Å². The molecule has 2 atom stereocenters. The van der Waals surface area contributed by atoms with Gasteiger partial charge in [-0.05, 0) is 36.8 Å².